The minimum absolute atomic E-state index is 0.0363. The molecule has 0 unspecified atom stereocenters. The van der Waals surface area contributed by atoms with Gasteiger partial charge >= 0.3 is 12.3 Å². The number of carbonyl (C=O) groups excluding carboxylic acids is 1. The van der Waals surface area contributed by atoms with Gasteiger partial charge in [0.2, 0.25) is 0 Å². The minimum Gasteiger partial charge on any atom is -0.465 e. The molecule has 0 amide bonds. The number of hydrogen-bond donors (Lipinski definition) is 0. The monoisotopic (exact) mass is 337 g/mol. The molecule has 0 saturated heterocycles. The molecule has 0 heterocycles. The highest BCUT2D eigenvalue weighted by atomic mass is 79.9. The van der Waals surface area contributed by atoms with E-state index in [1.807, 2.05) is 0 Å². The van der Waals surface area contributed by atoms with E-state index in [1.54, 1.807) is 0 Å². The third kappa shape index (κ3) is 3.61. The molecule has 8 heteroatoms. The summed E-state index contributed by atoms with van der Waals surface area (Å²) in [7, 11) is 1.06. The van der Waals surface area contributed by atoms with E-state index in [4.69, 9.17) is 5.26 Å². The smallest absolute Gasteiger partial charge is 0.465 e. The number of rotatable bonds is 3. The zero-order valence-electron chi connectivity index (χ0n) is 9.55. The Bertz CT molecular complexity index is 537. The van der Waals surface area contributed by atoms with Crippen molar-refractivity contribution in [1.29, 1.82) is 5.26 Å². The predicted octanol–water partition coefficient (Wildman–Crippen LogP) is 3.14. The van der Waals surface area contributed by atoms with Crippen LogP contribution in [0.15, 0.2) is 12.1 Å². The van der Waals surface area contributed by atoms with Crippen molar-refractivity contribution in [1.82, 2.24) is 0 Å². The van der Waals surface area contributed by atoms with Crippen molar-refractivity contribution in [2.24, 2.45) is 0 Å². The summed E-state index contributed by atoms with van der Waals surface area (Å²) in [5.74, 6) is -1.61. The normalized spacial score (nSPS) is 10.7. The molecule has 1 aromatic rings. The number of benzene rings is 1. The fourth-order valence-corrected chi connectivity index (χ4v) is 1.80. The van der Waals surface area contributed by atoms with Gasteiger partial charge < -0.3 is 9.47 Å². The molecule has 4 nitrogen and oxygen atoms in total. The van der Waals surface area contributed by atoms with Crippen LogP contribution in [0.25, 0.3) is 0 Å². The van der Waals surface area contributed by atoms with Crippen LogP contribution in [0.2, 0.25) is 0 Å². The first kappa shape index (κ1) is 15.3. The summed E-state index contributed by atoms with van der Waals surface area (Å²) in [5.41, 5.74) is -0.698. The predicted molar refractivity (Wildman–Crippen MR) is 61.8 cm³/mol. The van der Waals surface area contributed by atoms with Gasteiger partial charge in [0.1, 0.15) is 11.6 Å². The molecule has 0 aromatic heterocycles. The van der Waals surface area contributed by atoms with Gasteiger partial charge in [0, 0.05) is 10.9 Å². The van der Waals surface area contributed by atoms with Crippen LogP contribution >= 0.6 is 15.9 Å². The second-order valence-electron chi connectivity index (χ2n) is 3.26. The van der Waals surface area contributed by atoms with Gasteiger partial charge in [0.05, 0.1) is 12.7 Å². The van der Waals surface area contributed by atoms with Gasteiger partial charge in [-0.05, 0) is 6.07 Å². The van der Waals surface area contributed by atoms with Gasteiger partial charge in [-0.3, -0.25) is 0 Å². The summed E-state index contributed by atoms with van der Waals surface area (Å²) in [5, 5.41) is 8.98. The van der Waals surface area contributed by atoms with E-state index in [0.717, 1.165) is 7.11 Å². The molecule has 0 saturated carbocycles. The fraction of sp³-hybridized carbons (Fsp3) is 0.273. The zero-order valence-corrected chi connectivity index (χ0v) is 11.1. The molecule has 1 rings (SSSR count). The molecule has 0 radical (unpaired) electrons. The highest BCUT2D eigenvalue weighted by Gasteiger charge is 2.34. The highest BCUT2D eigenvalue weighted by Crippen LogP contribution is 2.33. The molecule has 0 bridgehead atoms. The lowest BCUT2D eigenvalue weighted by Crippen LogP contribution is -2.20. The largest absolute Gasteiger partial charge is 0.573 e. The Balaban J connectivity index is 3.47. The number of methoxy groups -OCH3 is 1. The summed E-state index contributed by atoms with van der Waals surface area (Å²) in [6.07, 6.45) is -4.96. The van der Waals surface area contributed by atoms with E-state index < -0.39 is 23.6 Å². The first-order valence-electron chi connectivity index (χ1n) is 4.80. The van der Waals surface area contributed by atoms with Gasteiger partial charge in [-0.2, -0.15) is 5.26 Å². The Kier molecular flexibility index (Phi) is 4.78. The van der Waals surface area contributed by atoms with E-state index in [9.17, 15) is 18.0 Å². The Morgan fingerprint density at radius 3 is 2.53 bits per heavy atom. The Morgan fingerprint density at radius 1 is 1.47 bits per heavy atom. The summed E-state index contributed by atoms with van der Waals surface area (Å²) >= 11 is 2.98. The van der Waals surface area contributed by atoms with Crippen molar-refractivity contribution in [2.75, 3.05) is 7.11 Å². The van der Waals surface area contributed by atoms with Crippen LogP contribution in [0.3, 0.4) is 0 Å². The summed E-state index contributed by atoms with van der Waals surface area (Å²) in [6, 6.07) is 4.00. The van der Waals surface area contributed by atoms with Gasteiger partial charge in [-0.25, -0.2) is 4.79 Å². The average molecular weight is 338 g/mol. The Hall–Kier alpha value is -1.75. The first-order chi connectivity index (χ1) is 8.84. The number of esters is 1. The number of alkyl halides is 4. The van der Waals surface area contributed by atoms with Gasteiger partial charge in [-0.15, -0.1) is 13.2 Å². The molecule has 19 heavy (non-hydrogen) atoms. The highest BCUT2D eigenvalue weighted by molar-refractivity contribution is 9.08. The van der Waals surface area contributed by atoms with Crippen LogP contribution in [0.1, 0.15) is 21.5 Å². The van der Waals surface area contributed by atoms with Crippen molar-refractivity contribution in [3.05, 3.63) is 28.8 Å². The summed E-state index contributed by atoms with van der Waals surface area (Å²) in [4.78, 5) is 11.4. The van der Waals surface area contributed by atoms with Crippen LogP contribution in [0.5, 0.6) is 5.75 Å². The van der Waals surface area contributed by atoms with Crippen molar-refractivity contribution >= 4 is 21.9 Å². The first-order valence-corrected chi connectivity index (χ1v) is 5.92. The van der Waals surface area contributed by atoms with Crippen LogP contribution in [-0.4, -0.2) is 19.4 Å². The van der Waals surface area contributed by atoms with Crippen LogP contribution in [-0.2, 0) is 10.1 Å². The van der Waals surface area contributed by atoms with Crippen LogP contribution < -0.4 is 4.74 Å². The van der Waals surface area contributed by atoms with E-state index in [2.05, 4.69) is 25.4 Å². The standard InChI is InChI=1S/C11H7BrF3NO3/c1-18-10(17)7-3-2-6(4-12)9(8(7)5-16)19-11(13,14)15/h2-3H,4H2,1H3. The number of nitriles is 1. The minimum atomic E-state index is -4.96. The molecule has 1 aromatic carbocycles. The second kappa shape index (κ2) is 5.93. The third-order valence-electron chi connectivity index (χ3n) is 2.12. The molecule has 102 valence electrons. The maximum absolute atomic E-state index is 12.3. The summed E-state index contributed by atoms with van der Waals surface area (Å²) in [6.45, 7) is 0. The van der Waals surface area contributed by atoms with E-state index in [-0.39, 0.29) is 16.5 Å². The maximum atomic E-state index is 12.3. The molecule has 0 N–H and O–H groups in total. The number of halogens is 4. The average Bonchev–Trinajstić information content (AvgIpc) is 2.35. The van der Waals surface area contributed by atoms with Crippen molar-refractivity contribution in [3.63, 3.8) is 0 Å². The molecule has 0 spiro atoms. The SMILES string of the molecule is COC(=O)c1ccc(CBr)c(OC(F)(F)F)c1C#N. The zero-order chi connectivity index (χ0) is 14.6. The molecule has 0 fully saturated rings. The van der Waals surface area contributed by atoms with E-state index >= 15 is 0 Å². The molecular formula is C11H7BrF3NO3. The fourth-order valence-electron chi connectivity index (χ4n) is 1.35. The number of nitrogens with zero attached hydrogens (tertiary/aromatic N) is 1. The molecule has 0 aliphatic rings. The van der Waals surface area contributed by atoms with Gasteiger partial charge in [-0.1, -0.05) is 22.0 Å². The van der Waals surface area contributed by atoms with Crippen molar-refractivity contribution < 1.29 is 27.4 Å². The van der Waals surface area contributed by atoms with Gasteiger partial charge in [0.25, 0.3) is 0 Å². The number of ether oxygens (including phenoxy) is 2. The second-order valence-corrected chi connectivity index (χ2v) is 3.82. The lowest BCUT2D eigenvalue weighted by atomic mass is 10.0. The number of carbonyl (C=O) groups is 1. The summed E-state index contributed by atoms with van der Waals surface area (Å²) < 4.78 is 45.2. The van der Waals surface area contributed by atoms with Crippen LogP contribution in [0.4, 0.5) is 13.2 Å². The topological polar surface area (TPSA) is 59.3 Å². The quantitative estimate of drug-likeness (QED) is 0.628. The Morgan fingerprint density at radius 2 is 2.11 bits per heavy atom. The van der Waals surface area contributed by atoms with E-state index in [1.165, 1.54) is 18.2 Å². The lowest BCUT2D eigenvalue weighted by molar-refractivity contribution is -0.275. The van der Waals surface area contributed by atoms with E-state index in [0.29, 0.717) is 0 Å². The molecule has 0 aliphatic carbocycles. The molecular weight excluding hydrogens is 331 g/mol. The number of hydrogen-bond acceptors (Lipinski definition) is 4. The Labute approximate surface area is 114 Å². The maximum Gasteiger partial charge on any atom is 0.573 e. The lowest BCUT2D eigenvalue weighted by Gasteiger charge is -2.15. The van der Waals surface area contributed by atoms with Gasteiger partial charge in [0.15, 0.2) is 5.75 Å². The van der Waals surface area contributed by atoms with Crippen molar-refractivity contribution in [3.8, 4) is 11.8 Å². The molecule has 0 aliphatic heterocycles. The van der Waals surface area contributed by atoms with Crippen molar-refractivity contribution in [2.45, 2.75) is 11.7 Å². The molecule has 0 atom stereocenters. The van der Waals surface area contributed by atoms with Crippen LogP contribution in [0, 0.1) is 11.3 Å². The third-order valence-corrected chi connectivity index (χ3v) is 2.72.